The van der Waals surface area contributed by atoms with Crippen molar-refractivity contribution < 1.29 is 4.79 Å². The molecule has 1 fully saturated rings. The number of hydrogen-bond acceptors (Lipinski definition) is 3. The molecule has 0 bridgehead atoms. The van der Waals surface area contributed by atoms with Crippen molar-refractivity contribution in [3.05, 3.63) is 102 Å². The standard InChI is InChI=1S/C22H19N3O/c26-22(20-14-19(20)16-8-3-1-4-9-16)25-24-21(17-10-5-2-6-11-17)18-12-7-13-23-15-18/h1-13,15,19-20H,14H2,(H,25,26)/b24-21+. The summed E-state index contributed by atoms with van der Waals surface area (Å²) < 4.78 is 0. The van der Waals surface area contributed by atoms with Gasteiger partial charge in [-0.05, 0) is 30.0 Å². The van der Waals surface area contributed by atoms with Crippen molar-refractivity contribution in [3.8, 4) is 0 Å². The van der Waals surface area contributed by atoms with E-state index in [-0.39, 0.29) is 11.8 Å². The summed E-state index contributed by atoms with van der Waals surface area (Å²) in [6.07, 6.45) is 4.35. The molecule has 0 aliphatic heterocycles. The van der Waals surface area contributed by atoms with Gasteiger partial charge in [0.2, 0.25) is 5.91 Å². The summed E-state index contributed by atoms with van der Waals surface area (Å²) in [6.45, 7) is 0. The lowest BCUT2D eigenvalue weighted by atomic mass is 10.0. The molecule has 1 amide bonds. The molecule has 3 aromatic rings. The third-order valence-corrected chi connectivity index (χ3v) is 4.62. The van der Waals surface area contributed by atoms with Gasteiger partial charge in [-0.15, -0.1) is 0 Å². The highest BCUT2D eigenvalue weighted by atomic mass is 16.2. The van der Waals surface area contributed by atoms with Crippen LogP contribution in [0.5, 0.6) is 0 Å². The monoisotopic (exact) mass is 341 g/mol. The van der Waals surface area contributed by atoms with Crippen molar-refractivity contribution in [3.63, 3.8) is 0 Å². The predicted molar refractivity (Wildman–Crippen MR) is 102 cm³/mol. The second kappa shape index (κ2) is 7.31. The molecule has 0 spiro atoms. The number of nitrogens with one attached hydrogen (secondary N) is 1. The van der Waals surface area contributed by atoms with Gasteiger partial charge in [0.05, 0.1) is 5.71 Å². The zero-order valence-corrected chi connectivity index (χ0v) is 14.2. The van der Waals surface area contributed by atoms with Crippen molar-refractivity contribution in [1.29, 1.82) is 0 Å². The fourth-order valence-corrected chi connectivity index (χ4v) is 3.14. The summed E-state index contributed by atoms with van der Waals surface area (Å²) in [4.78, 5) is 16.7. The molecule has 26 heavy (non-hydrogen) atoms. The first kappa shape index (κ1) is 16.2. The maximum Gasteiger partial charge on any atom is 0.243 e. The molecule has 0 saturated heterocycles. The largest absolute Gasteiger partial charge is 0.273 e. The van der Waals surface area contributed by atoms with Gasteiger partial charge in [0.1, 0.15) is 0 Å². The minimum absolute atomic E-state index is 0.00734. The normalized spacial score (nSPS) is 19.0. The highest BCUT2D eigenvalue weighted by Gasteiger charge is 2.43. The number of rotatable bonds is 5. The minimum Gasteiger partial charge on any atom is -0.273 e. The zero-order valence-electron chi connectivity index (χ0n) is 14.2. The lowest BCUT2D eigenvalue weighted by molar-refractivity contribution is -0.122. The lowest BCUT2D eigenvalue weighted by Crippen LogP contribution is -2.22. The molecule has 0 radical (unpaired) electrons. The summed E-state index contributed by atoms with van der Waals surface area (Å²) in [5.41, 5.74) is 6.50. The summed E-state index contributed by atoms with van der Waals surface area (Å²) >= 11 is 0. The third-order valence-electron chi connectivity index (χ3n) is 4.62. The first-order valence-electron chi connectivity index (χ1n) is 8.71. The van der Waals surface area contributed by atoms with Gasteiger partial charge >= 0.3 is 0 Å². The topological polar surface area (TPSA) is 54.4 Å². The molecule has 4 nitrogen and oxygen atoms in total. The number of carbonyl (C=O) groups is 1. The molecular formula is C22H19N3O. The Morgan fingerprint density at radius 3 is 2.31 bits per heavy atom. The lowest BCUT2D eigenvalue weighted by Gasteiger charge is -2.07. The molecule has 2 aromatic carbocycles. The van der Waals surface area contributed by atoms with E-state index >= 15 is 0 Å². The van der Waals surface area contributed by atoms with Crippen LogP contribution in [0.1, 0.15) is 29.0 Å². The van der Waals surface area contributed by atoms with E-state index in [9.17, 15) is 4.79 Å². The Balaban J connectivity index is 1.52. The SMILES string of the molecule is O=C(N/N=C(\c1ccccc1)c1cccnc1)C1CC1c1ccccc1. The molecule has 1 heterocycles. The van der Waals surface area contributed by atoms with Crippen molar-refractivity contribution in [2.45, 2.75) is 12.3 Å². The van der Waals surface area contributed by atoms with Crippen LogP contribution in [0.2, 0.25) is 0 Å². The molecular weight excluding hydrogens is 322 g/mol. The fraction of sp³-hybridized carbons (Fsp3) is 0.136. The second-order valence-electron chi connectivity index (χ2n) is 6.40. The van der Waals surface area contributed by atoms with E-state index in [1.165, 1.54) is 5.56 Å². The van der Waals surface area contributed by atoms with E-state index < -0.39 is 0 Å². The highest BCUT2D eigenvalue weighted by molar-refractivity contribution is 6.13. The summed E-state index contributed by atoms with van der Waals surface area (Å²) in [7, 11) is 0. The Bertz CT molecular complexity index is 866. The van der Waals surface area contributed by atoms with Crippen LogP contribution < -0.4 is 5.43 Å². The van der Waals surface area contributed by atoms with Gasteiger partial charge < -0.3 is 0 Å². The van der Waals surface area contributed by atoms with Crippen molar-refractivity contribution in [2.24, 2.45) is 11.0 Å². The van der Waals surface area contributed by atoms with Crippen molar-refractivity contribution in [2.75, 3.05) is 0 Å². The first-order valence-corrected chi connectivity index (χ1v) is 8.71. The average Bonchev–Trinajstić information content (AvgIpc) is 3.51. The van der Waals surface area contributed by atoms with E-state index in [4.69, 9.17) is 0 Å². The molecule has 2 unspecified atom stereocenters. The number of aromatic nitrogens is 1. The molecule has 1 N–H and O–H groups in total. The fourth-order valence-electron chi connectivity index (χ4n) is 3.14. The molecule has 1 aromatic heterocycles. The van der Waals surface area contributed by atoms with E-state index in [1.807, 2.05) is 60.7 Å². The molecule has 2 atom stereocenters. The molecule has 1 aliphatic carbocycles. The molecule has 4 heteroatoms. The van der Waals surface area contributed by atoms with Crippen LogP contribution in [0.4, 0.5) is 0 Å². The maximum absolute atomic E-state index is 12.5. The highest BCUT2D eigenvalue weighted by Crippen LogP contribution is 2.47. The summed E-state index contributed by atoms with van der Waals surface area (Å²) in [6, 6.07) is 23.8. The number of hydrazone groups is 1. The van der Waals surface area contributed by atoms with Crippen LogP contribution in [0.15, 0.2) is 90.3 Å². The zero-order chi connectivity index (χ0) is 17.8. The quantitative estimate of drug-likeness (QED) is 0.567. The molecule has 1 saturated carbocycles. The van der Waals surface area contributed by atoms with Gasteiger partial charge in [-0.2, -0.15) is 5.10 Å². The van der Waals surface area contributed by atoms with Crippen LogP contribution in [0.3, 0.4) is 0 Å². The Labute approximate surface area is 152 Å². The van der Waals surface area contributed by atoms with Gasteiger partial charge in [-0.25, -0.2) is 5.43 Å². The van der Waals surface area contributed by atoms with Gasteiger partial charge in [0, 0.05) is 29.4 Å². The average molecular weight is 341 g/mol. The number of benzene rings is 2. The number of pyridine rings is 1. The maximum atomic E-state index is 12.5. The molecule has 1 aliphatic rings. The Morgan fingerprint density at radius 2 is 1.62 bits per heavy atom. The van der Waals surface area contributed by atoms with Gasteiger partial charge in [0.25, 0.3) is 0 Å². The van der Waals surface area contributed by atoms with E-state index in [1.54, 1.807) is 12.4 Å². The second-order valence-corrected chi connectivity index (χ2v) is 6.40. The van der Waals surface area contributed by atoms with Gasteiger partial charge in [0.15, 0.2) is 0 Å². The van der Waals surface area contributed by atoms with Crippen LogP contribution >= 0.6 is 0 Å². The molecule has 4 rings (SSSR count). The predicted octanol–water partition coefficient (Wildman–Crippen LogP) is 3.75. The van der Waals surface area contributed by atoms with Crippen LogP contribution in [0.25, 0.3) is 0 Å². The van der Waals surface area contributed by atoms with Crippen LogP contribution in [-0.2, 0) is 4.79 Å². The number of hydrogen-bond donors (Lipinski definition) is 1. The smallest absolute Gasteiger partial charge is 0.243 e. The van der Waals surface area contributed by atoms with Gasteiger partial charge in [-0.1, -0.05) is 60.7 Å². The number of nitrogens with zero attached hydrogens (tertiary/aromatic N) is 2. The van der Waals surface area contributed by atoms with E-state index in [0.717, 1.165) is 17.5 Å². The molecule has 128 valence electrons. The Morgan fingerprint density at radius 1 is 0.923 bits per heavy atom. The van der Waals surface area contributed by atoms with E-state index in [2.05, 4.69) is 27.6 Å². The number of amides is 1. The van der Waals surface area contributed by atoms with Crippen LogP contribution in [0, 0.1) is 5.92 Å². The first-order chi connectivity index (χ1) is 12.8. The Kier molecular flexibility index (Phi) is 4.56. The van der Waals surface area contributed by atoms with Crippen molar-refractivity contribution >= 4 is 11.6 Å². The Hall–Kier alpha value is -3.27. The minimum atomic E-state index is -0.0313. The van der Waals surface area contributed by atoms with E-state index in [0.29, 0.717) is 11.6 Å². The summed E-state index contributed by atoms with van der Waals surface area (Å²) in [5.74, 6) is 0.258. The van der Waals surface area contributed by atoms with Crippen LogP contribution in [-0.4, -0.2) is 16.6 Å². The third kappa shape index (κ3) is 3.54. The summed E-state index contributed by atoms with van der Waals surface area (Å²) in [5, 5.41) is 4.43. The van der Waals surface area contributed by atoms with Gasteiger partial charge in [-0.3, -0.25) is 9.78 Å². The number of carbonyl (C=O) groups excluding carboxylic acids is 1. The van der Waals surface area contributed by atoms with Crippen molar-refractivity contribution in [1.82, 2.24) is 10.4 Å².